The quantitative estimate of drug-likeness (QED) is 0.395. The second-order valence-electron chi connectivity index (χ2n) is 9.82. The van der Waals surface area contributed by atoms with Crippen LogP contribution in [-0.4, -0.2) is 46.7 Å². The predicted molar refractivity (Wildman–Crippen MR) is 125 cm³/mol. The van der Waals surface area contributed by atoms with Crippen molar-refractivity contribution in [2.24, 2.45) is 0 Å². The van der Waals surface area contributed by atoms with Crippen LogP contribution in [0.2, 0.25) is 0 Å². The van der Waals surface area contributed by atoms with Crippen molar-refractivity contribution in [2.45, 2.75) is 98.3 Å². The van der Waals surface area contributed by atoms with Crippen LogP contribution in [0.5, 0.6) is 0 Å². The lowest BCUT2D eigenvalue weighted by Crippen LogP contribution is -2.42. The third kappa shape index (κ3) is 10.1. The number of Topliss-reactive ketones (excluding diaryl/α,β-unsaturated/α-hetero) is 1. The molecule has 8 heteroatoms. The number of pyridine rings is 1. The molecular weight excluding hydrogens is 410 g/mol. The highest BCUT2D eigenvalue weighted by atomic mass is 16.6. The van der Waals surface area contributed by atoms with E-state index in [4.69, 9.17) is 9.47 Å². The van der Waals surface area contributed by atoms with Gasteiger partial charge in [0.25, 0.3) is 0 Å². The van der Waals surface area contributed by atoms with E-state index in [9.17, 15) is 14.4 Å². The fourth-order valence-corrected chi connectivity index (χ4v) is 2.75. The number of carbonyl (C=O) groups is 3. The molecule has 0 spiro atoms. The van der Waals surface area contributed by atoms with Gasteiger partial charge < -0.3 is 14.8 Å². The molecular formula is C24H39N3O5. The molecule has 0 aliphatic rings. The lowest BCUT2D eigenvalue weighted by atomic mass is 10.1. The van der Waals surface area contributed by atoms with E-state index in [0.29, 0.717) is 37.2 Å². The van der Waals surface area contributed by atoms with Gasteiger partial charge >= 0.3 is 12.2 Å². The van der Waals surface area contributed by atoms with Crippen molar-refractivity contribution in [3.63, 3.8) is 0 Å². The summed E-state index contributed by atoms with van der Waals surface area (Å²) in [5.41, 5.74) is -0.660. The minimum atomic E-state index is -0.614. The molecule has 0 unspecified atom stereocenters. The zero-order valence-corrected chi connectivity index (χ0v) is 20.8. The molecule has 0 bridgehead atoms. The first-order chi connectivity index (χ1) is 14.7. The summed E-state index contributed by atoms with van der Waals surface area (Å²) in [5.74, 6) is 0.417. The Balaban J connectivity index is 2.62. The summed E-state index contributed by atoms with van der Waals surface area (Å²) in [6, 6.07) is 3.26. The number of unbranched alkanes of at least 4 members (excludes halogenated alkanes) is 1. The van der Waals surface area contributed by atoms with Gasteiger partial charge in [0.1, 0.15) is 17.0 Å². The summed E-state index contributed by atoms with van der Waals surface area (Å²) >= 11 is 0. The normalized spacial score (nSPS) is 12.6. The van der Waals surface area contributed by atoms with Crippen molar-refractivity contribution >= 4 is 23.8 Å². The number of nitrogens with one attached hydrogen (secondary N) is 1. The van der Waals surface area contributed by atoms with E-state index >= 15 is 0 Å². The van der Waals surface area contributed by atoms with Crippen molar-refractivity contribution in [1.29, 1.82) is 0 Å². The summed E-state index contributed by atoms with van der Waals surface area (Å²) in [6.07, 6.45) is 2.95. The standard InChI is InChI=1S/C24H39N3O5/c1-9-17(2)27(22(30)32-24(6,7)8)20-14-13-18(16-26-20)19(28)12-10-11-15-25-21(29)31-23(3,4)5/h13-14,16-17H,9-12,15H2,1-8H3,(H,25,29)/t17-/m1/s1. The molecule has 0 aliphatic heterocycles. The van der Waals surface area contributed by atoms with Crippen LogP contribution in [0.1, 0.15) is 91.4 Å². The van der Waals surface area contributed by atoms with Crippen LogP contribution in [0.15, 0.2) is 18.3 Å². The van der Waals surface area contributed by atoms with Gasteiger partial charge in [0, 0.05) is 30.8 Å². The molecule has 1 rings (SSSR count). The molecule has 0 radical (unpaired) electrons. The SMILES string of the molecule is CC[C@@H](C)N(C(=O)OC(C)(C)C)c1ccc(C(=O)CCCCNC(=O)OC(C)(C)C)cn1. The van der Waals surface area contributed by atoms with Gasteiger partial charge in [0.05, 0.1) is 0 Å². The minimum Gasteiger partial charge on any atom is -0.444 e. The number of alkyl carbamates (subject to hydrolysis) is 1. The first-order valence-corrected chi connectivity index (χ1v) is 11.2. The molecule has 0 aliphatic carbocycles. The Morgan fingerprint density at radius 1 is 1.03 bits per heavy atom. The fourth-order valence-electron chi connectivity index (χ4n) is 2.75. The van der Waals surface area contributed by atoms with Crippen LogP contribution in [0.3, 0.4) is 0 Å². The zero-order chi connectivity index (χ0) is 24.5. The van der Waals surface area contributed by atoms with E-state index in [-0.39, 0.29) is 11.8 Å². The number of amides is 2. The van der Waals surface area contributed by atoms with Crippen LogP contribution < -0.4 is 10.2 Å². The average molecular weight is 450 g/mol. The van der Waals surface area contributed by atoms with Gasteiger partial charge in [-0.1, -0.05) is 6.92 Å². The number of ketones is 1. The van der Waals surface area contributed by atoms with Gasteiger partial charge in [-0.25, -0.2) is 14.6 Å². The molecule has 8 nitrogen and oxygen atoms in total. The van der Waals surface area contributed by atoms with Gasteiger partial charge in [-0.2, -0.15) is 0 Å². The summed E-state index contributed by atoms with van der Waals surface area (Å²) in [6.45, 7) is 15.2. The summed E-state index contributed by atoms with van der Waals surface area (Å²) < 4.78 is 10.7. The summed E-state index contributed by atoms with van der Waals surface area (Å²) in [4.78, 5) is 42.6. The molecule has 1 atom stereocenters. The van der Waals surface area contributed by atoms with Gasteiger partial charge in [-0.3, -0.25) is 9.69 Å². The fraction of sp³-hybridized carbons (Fsp3) is 0.667. The smallest absolute Gasteiger partial charge is 0.416 e. The third-order valence-corrected chi connectivity index (χ3v) is 4.44. The second kappa shape index (κ2) is 11.8. The van der Waals surface area contributed by atoms with Crippen molar-refractivity contribution in [2.75, 3.05) is 11.4 Å². The van der Waals surface area contributed by atoms with E-state index in [2.05, 4.69) is 10.3 Å². The molecule has 0 saturated heterocycles. The Hall–Kier alpha value is -2.64. The lowest BCUT2D eigenvalue weighted by Gasteiger charge is -2.30. The highest BCUT2D eigenvalue weighted by Gasteiger charge is 2.27. The number of rotatable bonds is 9. The molecule has 180 valence electrons. The van der Waals surface area contributed by atoms with E-state index < -0.39 is 23.4 Å². The first-order valence-electron chi connectivity index (χ1n) is 11.2. The molecule has 32 heavy (non-hydrogen) atoms. The van der Waals surface area contributed by atoms with Crippen LogP contribution in [0, 0.1) is 0 Å². The van der Waals surface area contributed by atoms with Crippen molar-refractivity contribution in [3.8, 4) is 0 Å². The lowest BCUT2D eigenvalue weighted by molar-refractivity contribution is 0.0524. The predicted octanol–water partition coefficient (Wildman–Crippen LogP) is 5.50. The Bertz CT molecular complexity index is 763. The number of aromatic nitrogens is 1. The van der Waals surface area contributed by atoms with E-state index in [1.54, 1.807) is 32.9 Å². The minimum absolute atomic E-state index is 0.0336. The highest BCUT2D eigenvalue weighted by molar-refractivity contribution is 5.96. The van der Waals surface area contributed by atoms with Crippen molar-refractivity contribution in [3.05, 3.63) is 23.9 Å². The highest BCUT2D eigenvalue weighted by Crippen LogP contribution is 2.21. The van der Waals surface area contributed by atoms with Gasteiger partial charge in [0.2, 0.25) is 0 Å². The average Bonchev–Trinajstić information content (AvgIpc) is 2.65. The molecule has 2 amide bonds. The second-order valence-corrected chi connectivity index (χ2v) is 9.82. The van der Waals surface area contributed by atoms with E-state index in [1.807, 2.05) is 34.6 Å². The number of anilines is 1. The molecule has 1 aromatic rings. The van der Waals surface area contributed by atoms with E-state index in [0.717, 1.165) is 6.42 Å². The van der Waals surface area contributed by atoms with Gasteiger partial charge in [-0.15, -0.1) is 0 Å². The van der Waals surface area contributed by atoms with Crippen LogP contribution >= 0.6 is 0 Å². The summed E-state index contributed by atoms with van der Waals surface area (Å²) in [5, 5.41) is 2.68. The van der Waals surface area contributed by atoms with Crippen molar-refractivity contribution in [1.82, 2.24) is 10.3 Å². The largest absolute Gasteiger partial charge is 0.444 e. The molecule has 1 N–H and O–H groups in total. The van der Waals surface area contributed by atoms with Crippen molar-refractivity contribution < 1.29 is 23.9 Å². The maximum absolute atomic E-state index is 12.7. The van der Waals surface area contributed by atoms with Gasteiger partial charge in [-0.05, 0) is 79.9 Å². The molecule has 0 fully saturated rings. The van der Waals surface area contributed by atoms with Crippen LogP contribution in [0.4, 0.5) is 15.4 Å². The number of hydrogen-bond acceptors (Lipinski definition) is 6. The van der Waals surface area contributed by atoms with Crippen LogP contribution in [-0.2, 0) is 9.47 Å². The molecule has 1 heterocycles. The Morgan fingerprint density at radius 2 is 1.66 bits per heavy atom. The monoisotopic (exact) mass is 449 g/mol. The number of carbonyl (C=O) groups excluding carboxylic acids is 3. The zero-order valence-electron chi connectivity index (χ0n) is 20.8. The first kappa shape index (κ1) is 27.4. The number of nitrogens with zero attached hydrogens (tertiary/aromatic N) is 2. The van der Waals surface area contributed by atoms with E-state index in [1.165, 1.54) is 11.1 Å². The molecule has 1 aromatic heterocycles. The number of ether oxygens (including phenoxy) is 2. The summed E-state index contributed by atoms with van der Waals surface area (Å²) in [7, 11) is 0. The van der Waals surface area contributed by atoms with Crippen LogP contribution in [0.25, 0.3) is 0 Å². The number of hydrogen-bond donors (Lipinski definition) is 1. The maximum Gasteiger partial charge on any atom is 0.416 e. The Labute approximate surface area is 192 Å². The third-order valence-electron chi connectivity index (χ3n) is 4.44. The Morgan fingerprint density at radius 3 is 2.16 bits per heavy atom. The van der Waals surface area contributed by atoms with Gasteiger partial charge in [0.15, 0.2) is 5.78 Å². The Kier molecular flexibility index (Phi) is 10.1. The molecule has 0 saturated carbocycles. The topological polar surface area (TPSA) is 97.8 Å². The molecule has 0 aromatic carbocycles. The maximum atomic E-state index is 12.7.